The van der Waals surface area contributed by atoms with Crippen LogP contribution in [0.3, 0.4) is 0 Å². The molecule has 0 aromatic heterocycles. The van der Waals surface area contributed by atoms with Gasteiger partial charge in [0, 0.05) is 42.5 Å². The van der Waals surface area contributed by atoms with Crippen molar-refractivity contribution in [2.75, 3.05) is 7.05 Å². The maximum absolute atomic E-state index is 14.4. The van der Waals surface area contributed by atoms with Gasteiger partial charge in [-0.25, -0.2) is 8.78 Å². The molecule has 2 atom stereocenters. The molecule has 1 N–H and O–H groups in total. The van der Waals surface area contributed by atoms with Crippen LogP contribution in [0.4, 0.5) is 8.78 Å². The van der Waals surface area contributed by atoms with E-state index in [0.717, 1.165) is 12.1 Å². The van der Waals surface area contributed by atoms with Crippen LogP contribution in [-0.4, -0.2) is 28.1 Å². The topological polar surface area (TPSA) is 50.7 Å². The molecule has 0 saturated heterocycles. The lowest BCUT2D eigenvalue weighted by Crippen LogP contribution is -2.40. The number of rotatable bonds is 6. The fourth-order valence-electron chi connectivity index (χ4n) is 1.99. The van der Waals surface area contributed by atoms with Gasteiger partial charge in [-0.2, -0.15) is 5.10 Å². The summed E-state index contributed by atoms with van der Waals surface area (Å²) < 4.78 is 43.3. The fourth-order valence-corrected chi connectivity index (χ4v) is 2.79. The second kappa shape index (κ2) is 8.09. The predicted octanol–water partition coefficient (Wildman–Crippen LogP) is 3.99. The molecule has 0 aliphatic carbocycles. The summed E-state index contributed by atoms with van der Waals surface area (Å²) in [6, 6.07) is 1.70. The quantitative estimate of drug-likeness (QED) is 0.476. The minimum Gasteiger partial charge on any atom is -0.598 e. The van der Waals surface area contributed by atoms with Crippen molar-refractivity contribution < 1.29 is 13.3 Å². The summed E-state index contributed by atoms with van der Waals surface area (Å²) in [4.78, 5) is 0. The van der Waals surface area contributed by atoms with Crippen LogP contribution in [0.25, 0.3) is 5.57 Å². The van der Waals surface area contributed by atoms with Crippen LogP contribution in [0, 0.1) is 11.6 Å². The Morgan fingerprint density at radius 1 is 1.38 bits per heavy atom. The van der Waals surface area contributed by atoms with E-state index >= 15 is 0 Å². The van der Waals surface area contributed by atoms with Crippen LogP contribution >= 0.6 is 0 Å². The molecule has 0 aliphatic rings. The largest absolute Gasteiger partial charge is 0.598 e. The smallest absolute Gasteiger partial charge is 0.136 e. The van der Waals surface area contributed by atoms with Crippen molar-refractivity contribution in [2.24, 2.45) is 5.10 Å². The van der Waals surface area contributed by atoms with E-state index in [4.69, 9.17) is 0 Å². The first kappa shape index (κ1) is 20.6. The van der Waals surface area contributed by atoms with Crippen LogP contribution in [0.5, 0.6) is 0 Å². The van der Waals surface area contributed by atoms with Gasteiger partial charge in [-0.3, -0.25) is 5.01 Å². The molecule has 4 nitrogen and oxygen atoms in total. The number of halogens is 2. The highest BCUT2D eigenvalue weighted by molar-refractivity contribution is 7.90. The first-order valence-electron chi connectivity index (χ1n) is 7.52. The molecule has 0 fully saturated rings. The second-order valence-corrected chi connectivity index (χ2v) is 8.60. The molecule has 7 heteroatoms. The van der Waals surface area contributed by atoms with E-state index in [-0.39, 0.29) is 11.1 Å². The zero-order valence-electron chi connectivity index (χ0n) is 15.0. The molecule has 1 aromatic rings. The van der Waals surface area contributed by atoms with Crippen molar-refractivity contribution in [1.82, 2.24) is 9.73 Å². The minimum atomic E-state index is -1.38. The predicted molar refractivity (Wildman–Crippen MR) is 96.8 cm³/mol. The SMILES string of the molecule is C=NN(C)/C=C(\C)c1cc(F)c([C@H](C)N[S+]([O-])C(C)(C)C)cc1F. The van der Waals surface area contributed by atoms with Gasteiger partial charge in [-0.15, -0.1) is 4.72 Å². The number of nitrogens with zero attached hydrogens (tertiary/aromatic N) is 2. The monoisotopic (exact) mass is 357 g/mol. The summed E-state index contributed by atoms with van der Waals surface area (Å²) in [5.41, 5.74) is 0.805. The average molecular weight is 357 g/mol. The van der Waals surface area contributed by atoms with Crippen molar-refractivity contribution in [3.8, 4) is 0 Å². The molecule has 134 valence electrons. The summed E-state index contributed by atoms with van der Waals surface area (Å²) >= 11 is -1.38. The summed E-state index contributed by atoms with van der Waals surface area (Å²) in [6.07, 6.45) is 1.56. The van der Waals surface area contributed by atoms with Gasteiger partial charge in [-0.05, 0) is 52.3 Å². The molecule has 1 unspecified atom stereocenters. The minimum absolute atomic E-state index is 0.136. The van der Waals surface area contributed by atoms with Crippen LogP contribution in [-0.2, 0) is 11.4 Å². The molecule has 24 heavy (non-hydrogen) atoms. The van der Waals surface area contributed by atoms with Crippen molar-refractivity contribution >= 4 is 23.7 Å². The standard InChI is InChI=1S/C17H25F2N3OS/c1-11(10-22(7)20-6)13-8-16(19)14(9-15(13)18)12(2)21-24(23)17(3,4)5/h8-10,12,21H,6H2,1-5,7H3/b11-10+/t12-,24?/m0/s1. The van der Waals surface area contributed by atoms with Gasteiger partial charge in [0.15, 0.2) is 0 Å². The van der Waals surface area contributed by atoms with E-state index in [2.05, 4.69) is 16.5 Å². The normalized spacial score (nSPS) is 15.1. The first-order valence-corrected chi connectivity index (χ1v) is 8.67. The Labute approximate surface area is 145 Å². The van der Waals surface area contributed by atoms with Gasteiger partial charge in [0.25, 0.3) is 0 Å². The molecule has 0 amide bonds. The summed E-state index contributed by atoms with van der Waals surface area (Å²) in [5.74, 6) is -1.10. The van der Waals surface area contributed by atoms with Gasteiger partial charge in [0.2, 0.25) is 0 Å². The van der Waals surface area contributed by atoms with Crippen molar-refractivity contribution in [3.05, 3.63) is 41.1 Å². The van der Waals surface area contributed by atoms with E-state index in [1.54, 1.807) is 47.9 Å². The maximum atomic E-state index is 14.4. The first-order chi connectivity index (χ1) is 11.0. The van der Waals surface area contributed by atoms with E-state index in [1.807, 2.05) is 0 Å². The summed E-state index contributed by atoms with van der Waals surface area (Å²) in [5, 5.41) is 5.07. The van der Waals surface area contributed by atoms with E-state index in [9.17, 15) is 13.3 Å². The third-order valence-electron chi connectivity index (χ3n) is 3.42. The van der Waals surface area contributed by atoms with Gasteiger partial charge in [0.05, 0.1) is 6.04 Å². The Morgan fingerprint density at radius 2 is 1.96 bits per heavy atom. The number of allylic oxidation sites excluding steroid dienone is 1. The van der Waals surface area contributed by atoms with Gasteiger partial charge >= 0.3 is 0 Å². The fraction of sp³-hybridized carbons (Fsp3) is 0.471. The number of benzene rings is 1. The Hall–Kier alpha value is -1.44. The summed E-state index contributed by atoms with van der Waals surface area (Å²) in [7, 11) is 1.65. The Bertz CT molecular complexity index is 629. The van der Waals surface area contributed by atoms with Crippen molar-refractivity contribution in [2.45, 2.75) is 45.4 Å². The lowest BCUT2D eigenvalue weighted by Gasteiger charge is -2.26. The van der Waals surface area contributed by atoms with Crippen LogP contribution in [0.2, 0.25) is 0 Å². The maximum Gasteiger partial charge on any atom is 0.136 e. The highest BCUT2D eigenvalue weighted by Crippen LogP contribution is 2.27. The Morgan fingerprint density at radius 3 is 2.46 bits per heavy atom. The molecular formula is C17H25F2N3OS. The third-order valence-corrected chi connectivity index (χ3v) is 5.10. The average Bonchev–Trinajstić information content (AvgIpc) is 2.47. The number of hydrogen-bond acceptors (Lipinski definition) is 4. The zero-order chi connectivity index (χ0) is 18.7. The second-order valence-electron chi connectivity index (χ2n) is 6.60. The highest BCUT2D eigenvalue weighted by atomic mass is 32.2. The highest BCUT2D eigenvalue weighted by Gasteiger charge is 2.29. The van der Waals surface area contributed by atoms with Crippen molar-refractivity contribution in [1.29, 1.82) is 0 Å². The van der Waals surface area contributed by atoms with E-state index in [1.165, 1.54) is 5.01 Å². The molecule has 0 heterocycles. The Balaban J connectivity index is 3.11. The lowest BCUT2D eigenvalue weighted by atomic mass is 10.0. The van der Waals surface area contributed by atoms with Crippen LogP contribution in [0.1, 0.15) is 51.8 Å². The van der Waals surface area contributed by atoms with Crippen molar-refractivity contribution in [3.63, 3.8) is 0 Å². The van der Waals surface area contributed by atoms with E-state index < -0.39 is 33.8 Å². The molecule has 0 aliphatic heterocycles. The van der Waals surface area contributed by atoms with Gasteiger partial charge in [0.1, 0.15) is 16.4 Å². The number of hydrogen-bond donors (Lipinski definition) is 1. The zero-order valence-corrected chi connectivity index (χ0v) is 15.8. The Kier molecular flexibility index (Phi) is 6.95. The van der Waals surface area contributed by atoms with E-state index in [0.29, 0.717) is 5.57 Å². The summed E-state index contributed by atoms with van der Waals surface area (Å²) in [6.45, 7) is 12.1. The third kappa shape index (κ3) is 5.29. The molecule has 1 aromatic carbocycles. The lowest BCUT2D eigenvalue weighted by molar-refractivity contribution is 0.495. The van der Waals surface area contributed by atoms with Crippen LogP contribution < -0.4 is 4.72 Å². The molecular weight excluding hydrogens is 332 g/mol. The molecule has 0 spiro atoms. The number of nitrogens with one attached hydrogen (secondary N) is 1. The van der Waals surface area contributed by atoms with Gasteiger partial charge in [-0.1, -0.05) is 0 Å². The van der Waals surface area contributed by atoms with Crippen LogP contribution in [0.15, 0.2) is 23.4 Å². The van der Waals surface area contributed by atoms with Gasteiger partial charge < -0.3 is 4.55 Å². The molecule has 0 bridgehead atoms. The number of hydrazone groups is 1. The molecule has 0 saturated carbocycles. The molecule has 1 rings (SSSR count). The molecule has 0 radical (unpaired) electrons.